The summed E-state index contributed by atoms with van der Waals surface area (Å²) in [5, 5.41) is 0. The number of amides is 3. The standard InChI is InChI=1S/C28H24N2O3/c1-20(31)30-24-15-9-8-14-23(24)28(25(30)17-16-21-10-4-2-5-11-21)18-26(32)29(27(28)33)19-22-12-6-3-7-13-22/h2-17,25H,18-19H2,1H3/b17-16+/t25-,28+/m0/s1. The van der Waals surface area contributed by atoms with Crippen molar-refractivity contribution in [3.05, 3.63) is 108 Å². The van der Waals surface area contributed by atoms with Crippen LogP contribution >= 0.6 is 0 Å². The summed E-state index contributed by atoms with van der Waals surface area (Å²) in [5.74, 6) is -0.638. The van der Waals surface area contributed by atoms with Crippen LogP contribution in [0.2, 0.25) is 0 Å². The Balaban J connectivity index is 1.62. The van der Waals surface area contributed by atoms with Crippen LogP contribution in [0.15, 0.2) is 91.0 Å². The van der Waals surface area contributed by atoms with Gasteiger partial charge in [-0.15, -0.1) is 0 Å². The van der Waals surface area contributed by atoms with Crippen molar-refractivity contribution in [2.24, 2.45) is 0 Å². The summed E-state index contributed by atoms with van der Waals surface area (Å²) >= 11 is 0. The van der Waals surface area contributed by atoms with E-state index in [9.17, 15) is 14.4 Å². The molecule has 3 aromatic rings. The van der Waals surface area contributed by atoms with Crippen LogP contribution in [0.1, 0.15) is 30.0 Å². The minimum absolute atomic E-state index is 0.0310. The minimum Gasteiger partial charge on any atom is -0.304 e. The van der Waals surface area contributed by atoms with E-state index in [1.807, 2.05) is 97.1 Å². The van der Waals surface area contributed by atoms with Crippen LogP contribution in [0.25, 0.3) is 6.08 Å². The number of para-hydroxylation sites is 1. The van der Waals surface area contributed by atoms with Gasteiger partial charge < -0.3 is 4.90 Å². The Bertz CT molecular complexity index is 1250. The molecule has 0 saturated carbocycles. The SMILES string of the molecule is CC(=O)N1c2ccccc2[C@]2(CC(=O)N(Cc3ccccc3)C2=O)[C@@H]1/C=C/c1ccccc1. The third-order valence-electron chi connectivity index (χ3n) is 6.58. The van der Waals surface area contributed by atoms with E-state index in [0.717, 1.165) is 16.7 Å². The lowest BCUT2D eigenvalue weighted by molar-refractivity contribution is -0.140. The predicted molar refractivity (Wildman–Crippen MR) is 127 cm³/mol. The van der Waals surface area contributed by atoms with Crippen LogP contribution < -0.4 is 4.90 Å². The molecule has 0 aliphatic carbocycles. The molecule has 5 rings (SSSR count). The first-order chi connectivity index (χ1) is 16.0. The summed E-state index contributed by atoms with van der Waals surface area (Å²) in [5.41, 5.74) is 2.14. The van der Waals surface area contributed by atoms with Gasteiger partial charge in [0.05, 0.1) is 12.6 Å². The van der Waals surface area contributed by atoms with E-state index >= 15 is 0 Å². The Kier molecular flexibility index (Phi) is 5.17. The number of imide groups is 1. The lowest BCUT2D eigenvalue weighted by atomic mass is 9.74. The van der Waals surface area contributed by atoms with Crippen LogP contribution in [-0.4, -0.2) is 28.7 Å². The molecule has 164 valence electrons. The lowest BCUT2D eigenvalue weighted by Gasteiger charge is -2.31. The molecule has 33 heavy (non-hydrogen) atoms. The van der Waals surface area contributed by atoms with Gasteiger partial charge in [-0.3, -0.25) is 19.3 Å². The molecule has 2 aliphatic heterocycles. The Morgan fingerprint density at radius 2 is 1.58 bits per heavy atom. The fraction of sp³-hybridized carbons (Fsp3) is 0.179. The summed E-state index contributed by atoms with van der Waals surface area (Å²) < 4.78 is 0. The molecule has 0 bridgehead atoms. The molecular weight excluding hydrogens is 412 g/mol. The van der Waals surface area contributed by atoms with Gasteiger partial charge in [-0.25, -0.2) is 0 Å². The van der Waals surface area contributed by atoms with Crippen molar-refractivity contribution in [1.29, 1.82) is 0 Å². The normalized spacial score (nSPS) is 21.9. The zero-order chi connectivity index (χ0) is 23.0. The van der Waals surface area contributed by atoms with Gasteiger partial charge in [-0.1, -0.05) is 91.0 Å². The van der Waals surface area contributed by atoms with Crippen LogP contribution in [0.4, 0.5) is 5.69 Å². The second-order valence-electron chi connectivity index (χ2n) is 8.54. The lowest BCUT2D eigenvalue weighted by Crippen LogP contribution is -2.50. The zero-order valence-electron chi connectivity index (χ0n) is 18.3. The molecule has 1 fully saturated rings. The van der Waals surface area contributed by atoms with E-state index in [4.69, 9.17) is 0 Å². The number of benzene rings is 3. The third-order valence-corrected chi connectivity index (χ3v) is 6.58. The summed E-state index contributed by atoms with van der Waals surface area (Å²) in [6.45, 7) is 1.72. The second-order valence-corrected chi connectivity index (χ2v) is 8.54. The Hall–Kier alpha value is -3.99. The van der Waals surface area contributed by atoms with Crippen LogP contribution in [0, 0.1) is 0 Å². The van der Waals surface area contributed by atoms with Gasteiger partial charge in [0.25, 0.3) is 0 Å². The molecule has 5 nitrogen and oxygen atoms in total. The summed E-state index contributed by atoms with van der Waals surface area (Å²) in [4.78, 5) is 43.1. The molecule has 0 N–H and O–H groups in total. The number of carbonyl (C=O) groups is 3. The molecule has 5 heteroatoms. The number of anilines is 1. The molecule has 0 unspecified atom stereocenters. The minimum atomic E-state index is -1.14. The van der Waals surface area contributed by atoms with Crippen LogP contribution in [0.3, 0.4) is 0 Å². The monoisotopic (exact) mass is 436 g/mol. The van der Waals surface area contributed by atoms with E-state index in [1.54, 1.807) is 4.90 Å². The first kappa shape index (κ1) is 20.9. The van der Waals surface area contributed by atoms with Crippen molar-refractivity contribution in [1.82, 2.24) is 4.90 Å². The van der Waals surface area contributed by atoms with Crippen molar-refractivity contribution in [2.45, 2.75) is 31.3 Å². The largest absolute Gasteiger partial charge is 0.304 e. The van der Waals surface area contributed by atoms with E-state index in [-0.39, 0.29) is 30.7 Å². The quantitative estimate of drug-likeness (QED) is 0.572. The maximum atomic E-state index is 14.0. The van der Waals surface area contributed by atoms with Crippen molar-refractivity contribution in [3.63, 3.8) is 0 Å². The van der Waals surface area contributed by atoms with E-state index in [1.165, 1.54) is 11.8 Å². The maximum absolute atomic E-state index is 14.0. The molecule has 1 spiro atoms. The average molecular weight is 437 g/mol. The molecule has 1 saturated heterocycles. The number of nitrogens with zero attached hydrogens (tertiary/aromatic N) is 2. The fourth-order valence-corrected chi connectivity index (χ4v) is 5.10. The van der Waals surface area contributed by atoms with Crippen molar-refractivity contribution < 1.29 is 14.4 Å². The van der Waals surface area contributed by atoms with E-state index in [2.05, 4.69) is 0 Å². The van der Waals surface area contributed by atoms with Gasteiger partial charge in [0, 0.05) is 19.0 Å². The molecular formula is C28H24N2O3. The molecule has 2 heterocycles. The number of rotatable bonds is 4. The molecule has 2 aliphatic rings. The number of fused-ring (bicyclic) bond motifs is 2. The Labute approximate surface area is 192 Å². The summed E-state index contributed by atoms with van der Waals surface area (Å²) in [7, 11) is 0. The van der Waals surface area contributed by atoms with Crippen LogP contribution in [-0.2, 0) is 26.3 Å². The van der Waals surface area contributed by atoms with Crippen molar-refractivity contribution >= 4 is 29.5 Å². The second kappa shape index (κ2) is 8.17. The van der Waals surface area contributed by atoms with Gasteiger partial charge in [-0.05, 0) is 22.8 Å². The van der Waals surface area contributed by atoms with Gasteiger partial charge in [0.15, 0.2) is 0 Å². The molecule has 0 aromatic heterocycles. The molecule has 3 aromatic carbocycles. The topological polar surface area (TPSA) is 57.7 Å². The summed E-state index contributed by atoms with van der Waals surface area (Å²) in [6, 6.07) is 26.1. The number of carbonyl (C=O) groups excluding carboxylic acids is 3. The highest BCUT2D eigenvalue weighted by Crippen LogP contribution is 2.52. The van der Waals surface area contributed by atoms with Crippen molar-refractivity contribution in [2.75, 3.05) is 4.90 Å². The average Bonchev–Trinajstić information content (AvgIpc) is 3.25. The van der Waals surface area contributed by atoms with Crippen molar-refractivity contribution in [3.8, 4) is 0 Å². The molecule has 2 atom stereocenters. The highest BCUT2D eigenvalue weighted by molar-refractivity contribution is 6.14. The zero-order valence-corrected chi connectivity index (χ0v) is 18.3. The molecule has 0 radical (unpaired) electrons. The number of likely N-dealkylation sites (tertiary alicyclic amines) is 1. The van der Waals surface area contributed by atoms with Crippen LogP contribution in [0.5, 0.6) is 0 Å². The number of hydrogen-bond acceptors (Lipinski definition) is 3. The van der Waals surface area contributed by atoms with Gasteiger partial charge in [-0.2, -0.15) is 0 Å². The third kappa shape index (κ3) is 3.37. The first-order valence-corrected chi connectivity index (χ1v) is 11.0. The highest BCUT2D eigenvalue weighted by Gasteiger charge is 2.63. The summed E-state index contributed by atoms with van der Waals surface area (Å²) in [6.07, 6.45) is 3.85. The van der Waals surface area contributed by atoms with Gasteiger partial charge in [0.1, 0.15) is 5.41 Å². The maximum Gasteiger partial charge on any atom is 0.243 e. The molecule has 3 amide bonds. The van der Waals surface area contributed by atoms with Gasteiger partial charge in [0.2, 0.25) is 17.7 Å². The number of hydrogen-bond donors (Lipinski definition) is 0. The smallest absolute Gasteiger partial charge is 0.243 e. The Morgan fingerprint density at radius 1 is 0.939 bits per heavy atom. The highest BCUT2D eigenvalue weighted by atomic mass is 16.2. The first-order valence-electron chi connectivity index (χ1n) is 11.0. The fourth-order valence-electron chi connectivity index (χ4n) is 5.10. The van der Waals surface area contributed by atoms with E-state index in [0.29, 0.717) is 5.69 Å². The van der Waals surface area contributed by atoms with Gasteiger partial charge >= 0.3 is 0 Å². The predicted octanol–water partition coefficient (Wildman–Crippen LogP) is 4.33. The van der Waals surface area contributed by atoms with E-state index < -0.39 is 11.5 Å². The Morgan fingerprint density at radius 3 is 2.27 bits per heavy atom.